The van der Waals surface area contributed by atoms with Crippen molar-refractivity contribution in [3.8, 4) is 0 Å². The maximum atomic E-state index is 11.9. The average molecular weight is 225 g/mol. The third-order valence-corrected chi connectivity index (χ3v) is 3.61. The van der Waals surface area contributed by atoms with E-state index >= 15 is 0 Å². The summed E-state index contributed by atoms with van der Waals surface area (Å²) in [6.45, 7) is 4.35. The topological polar surface area (TPSA) is 29.1 Å². The third kappa shape index (κ3) is 5.00. The second-order valence-electron chi connectivity index (χ2n) is 5.24. The van der Waals surface area contributed by atoms with Gasteiger partial charge in [-0.25, -0.2) is 0 Å². The second kappa shape index (κ2) is 7.70. The van der Waals surface area contributed by atoms with Crippen LogP contribution < -0.4 is 5.32 Å². The van der Waals surface area contributed by atoms with Gasteiger partial charge in [-0.05, 0) is 26.2 Å². The smallest absolute Gasteiger partial charge is 0.223 e. The van der Waals surface area contributed by atoms with E-state index < -0.39 is 0 Å². The van der Waals surface area contributed by atoms with Crippen molar-refractivity contribution < 1.29 is 4.79 Å². The summed E-state index contributed by atoms with van der Waals surface area (Å²) in [6, 6.07) is 0.362. The van der Waals surface area contributed by atoms with Crippen LogP contribution in [0.3, 0.4) is 0 Å². The number of rotatable bonds is 6. The monoisotopic (exact) mass is 225 g/mol. The number of hydrogen-bond donors (Lipinski definition) is 1. The van der Waals surface area contributed by atoms with Gasteiger partial charge in [0.25, 0.3) is 0 Å². The highest BCUT2D eigenvalue weighted by Crippen LogP contribution is 2.23. The minimum Gasteiger partial charge on any atom is -0.353 e. The van der Waals surface area contributed by atoms with Gasteiger partial charge in [0.2, 0.25) is 5.91 Å². The summed E-state index contributed by atoms with van der Waals surface area (Å²) in [5.41, 5.74) is 0. The van der Waals surface area contributed by atoms with E-state index in [4.69, 9.17) is 0 Å². The zero-order valence-electron chi connectivity index (χ0n) is 10.9. The lowest BCUT2D eigenvalue weighted by atomic mass is 9.88. The summed E-state index contributed by atoms with van der Waals surface area (Å²) in [6.07, 6.45) is 10.9. The molecule has 2 nitrogen and oxygen atoms in total. The molecule has 1 saturated carbocycles. The van der Waals surface area contributed by atoms with E-state index in [1.54, 1.807) is 0 Å². The molecule has 0 heterocycles. The summed E-state index contributed by atoms with van der Waals surface area (Å²) >= 11 is 0. The highest BCUT2D eigenvalue weighted by atomic mass is 16.1. The minimum absolute atomic E-state index is 0.308. The Morgan fingerprint density at radius 1 is 1.25 bits per heavy atom. The van der Waals surface area contributed by atoms with Crippen LogP contribution in [0.1, 0.15) is 71.6 Å². The van der Waals surface area contributed by atoms with Crippen molar-refractivity contribution in [1.82, 2.24) is 5.32 Å². The van der Waals surface area contributed by atoms with Crippen LogP contribution in [0.4, 0.5) is 0 Å². The maximum Gasteiger partial charge on any atom is 0.223 e. The molecular weight excluding hydrogens is 198 g/mol. The van der Waals surface area contributed by atoms with E-state index in [9.17, 15) is 4.79 Å². The molecule has 0 aromatic rings. The van der Waals surface area contributed by atoms with Crippen molar-refractivity contribution in [2.45, 2.75) is 77.7 Å². The van der Waals surface area contributed by atoms with Crippen LogP contribution in [0.2, 0.25) is 0 Å². The molecule has 1 amide bonds. The first-order chi connectivity index (χ1) is 7.74. The van der Waals surface area contributed by atoms with Gasteiger partial charge >= 0.3 is 0 Å². The van der Waals surface area contributed by atoms with Gasteiger partial charge in [0.1, 0.15) is 0 Å². The summed E-state index contributed by atoms with van der Waals surface area (Å²) in [5, 5.41) is 3.17. The molecule has 1 rings (SSSR count). The van der Waals surface area contributed by atoms with Crippen molar-refractivity contribution in [2.24, 2.45) is 5.92 Å². The number of nitrogens with one attached hydrogen (secondary N) is 1. The Bertz CT molecular complexity index is 197. The Morgan fingerprint density at radius 2 is 1.94 bits per heavy atom. The Morgan fingerprint density at radius 3 is 2.56 bits per heavy atom. The molecule has 0 radical (unpaired) electrons. The third-order valence-electron chi connectivity index (χ3n) is 3.61. The molecule has 16 heavy (non-hydrogen) atoms. The van der Waals surface area contributed by atoms with Crippen LogP contribution in [0.15, 0.2) is 0 Å². The molecule has 1 fully saturated rings. The number of amides is 1. The lowest BCUT2D eigenvalue weighted by Gasteiger charge is -2.23. The lowest BCUT2D eigenvalue weighted by molar-refractivity contribution is -0.126. The fourth-order valence-corrected chi connectivity index (χ4v) is 2.50. The number of carbonyl (C=O) groups is 1. The summed E-state index contributed by atoms with van der Waals surface area (Å²) < 4.78 is 0. The normalized spacial score (nSPS) is 19.4. The minimum atomic E-state index is 0.308. The van der Waals surface area contributed by atoms with Gasteiger partial charge in [-0.15, -0.1) is 0 Å². The maximum absolute atomic E-state index is 11.9. The molecule has 0 unspecified atom stereocenters. The molecule has 2 heteroatoms. The van der Waals surface area contributed by atoms with Crippen LogP contribution in [-0.4, -0.2) is 11.9 Å². The van der Waals surface area contributed by atoms with Crippen molar-refractivity contribution in [3.05, 3.63) is 0 Å². The first-order valence-corrected chi connectivity index (χ1v) is 7.04. The number of hydrogen-bond acceptors (Lipinski definition) is 1. The SMILES string of the molecule is CCCCC[C@H](C)NC(=O)C1CCCCC1. The van der Waals surface area contributed by atoms with Crippen molar-refractivity contribution >= 4 is 5.91 Å². The fraction of sp³-hybridized carbons (Fsp3) is 0.929. The highest BCUT2D eigenvalue weighted by Gasteiger charge is 2.21. The molecule has 1 atom stereocenters. The molecule has 0 saturated heterocycles. The highest BCUT2D eigenvalue weighted by molar-refractivity contribution is 5.78. The van der Waals surface area contributed by atoms with Crippen LogP contribution in [0.25, 0.3) is 0 Å². The zero-order valence-corrected chi connectivity index (χ0v) is 10.9. The van der Waals surface area contributed by atoms with Crippen LogP contribution in [-0.2, 0) is 4.79 Å². The summed E-state index contributed by atoms with van der Waals surface area (Å²) in [4.78, 5) is 11.9. The molecule has 0 spiro atoms. The summed E-state index contributed by atoms with van der Waals surface area (Å²) in [7, 11) is 0. The molecular formula is C14H27NO. The van der Waals surface area contributed by atoms with Crippen molar-refractivity contribution in [3.63, 3.8) is 0 Å². The first kappa shape index (κ1) is 13.5. The van der Waals surface area contributed by atoms with E-state index in [-0.39, 0.29) is 0 Å². The standard InChI is InChI=1S/C14H27NO/c1-3-4-6-9-12(2)15-14(16)13-10-7-5-8-11-13/h12-13H,3-11H2,1-2H3,(H,15,16)/t12-/m0/s1. The Labute approximate surface area is 100 Å². The van der Waals surface area contributed by atoms with E-state index in [0.717, 1.165) is 19.3 Å². The quantitative estimate of drug-likeness (QED) is 0.687. The molecule has 0 aromatic heterocycles. The lowest BCUT2D eigenvalue weighted by Crippen LogP contribution is -2.37. The molecule has 0 aliphatic heterocycles. The van der Waals surface area contributed by atoms with Gasteiger partial charge in [0.05, 0.1) is 0 Å². The second-order valence-corrected chi connectivity index (χ2v) is 5.24. The molecule has 94 valence electrons. The molecule has 1 aliphatic carbocycles. The summed E-state index contributed by atoms with van der Waals surface area (Å²) in [5.74, 6) is 0.617. The van der Waals surface area contributed by atoms with Crippen LogP contribution in [0, 0.1) is 5.92 Å². The molecule has 0 aromatic carbocycles. The van der Waals surface area contributed by atoms with E-state index in [1.165, 1.54) is 38.5 Å². The van der Waals surface area contributed by atoms with Gasteiger partial charge in [0, 0.05) is 12.0 Å². The Balaban J connectivity index is 2.16. The first-order valence-electron chi connectivity index (χ1n) is 7.04. The largest absolute Gasteiger partial charge is 0.353 e. The average Bonchev–Trinajstić information content (AvgIpc) is 2.30. The van der Waals surface area contributed by atoms with E-state index in [1.807, 2.05) is 0 Å². The van der Waals surface area contributed by atoms with Gasteiger partial charge in [0.15, 0.2) is 0 Å². The molecule has 1 N–H and O–H groups in total. The van der Waals surface area contributed by atoms with E-state index in [0.29, 0.717) is 17.9 Å². The van der Waals surface area contributed by atoms with Crippen LogP contribution in [0.5, 0.6) is 0 Å². The van der Waals surface area contributed by atoms with Crippen LogP contribution >= 0.6 is 0 Å². The van der Waals surface area contributed by atoms with E-state index in [2.05, 4.69) is 19.2 Å². The van der Waals surface area contributed by atoms with Gasteiger partial charge in [-0.2, -0.15) is 0 Å². The fourth-order valence-electron chi connectivity index (χ4n) is 2.50. The predicted molar refractivity (Wildman–Crippen MR) is 68.3 cm³/mol. The van der Waals surface area contributed by atoms with Gasteiger partial charge in [-0.3, -0.25) is 4.79 Å². The van der Waals surface area contributed by atoms with Crippen molar-refractivity contribution in [1.29, 1.82) is 0 Å². The molecule has 1 aliphatic rings. The Hall–Kier alpha value is -0.530. The molecule has 0 bridgehead atoms. The number of unbranched alkanes of at least 4 members (excludes halogenated alkanes) is 2. The zero-order chi connectivity index (χ0) is 11.8. The van der Waals surface area contributed by atoms with Crippen molar-refractivity contribution in [2.75, 3.05) is 0 Å². The van der Waals surface area contributed by atoms with Gasteiger partial charge < -0.3 is 5.32 Å². The van der Waals surface area contributed by atoms with Gasteiger partial charge in [-0.1, -0.05) is 45.4 Å². The number of carbonyl (C=O) groups excluding carboxylic acids is 1. The predicted octanol–water partition coefficient (Wildman–Crippen LogP) is 3.65. The Kier molecular flexibility index (Phi) is 6.51.